The number of benzene rings is 1. The lowest BCUT2D eigenvalue weighted by Gasteiger charge is -2.17. The van der Waals surface area contributed by atoms with E-state index >= 15 is 0 Å². The number of nitrogens with zero attached hydrogens (tertiary/aromatic N) is 2. The van der Waals surface area contributed by atoms with E-state index in [1.807, 2.05) is 12.3 Å². The minimum absolute atomic E-state index is 0.820. The van der Waals surface area contributed by atoms with E-state index < -0.39 is 0 Å². The van der Waals surface area contributed by atoms with Gasteiger partial charge in [0.15, 0.2) is 0 Å². The molecule has 1 N–H and O–H groups in total. The number of anilines is 2. The minimum atomic E-state index is 0.820. The first-order valence-electron chi connectivity index (χ1n) is 11.4. The fourth-order valence-corrected chi connectivity index (χ4v) is 3.79. The van der Waals surface area contributed by atoms with Crippen LogP contribution in [0.3, 0.4) is 0 Å². The summed E-state index contributed by atoms with van der Waals surface area (Å²) in [6, 6.07) is 8.31. The van der Waals surface area contributed by atoms with Gasteiger partial charge in [-0.1, -0.05) is 44.4 Å². The number of unbranched alkanes of at least 4 members (excludes halogenated alkanes) is 5. The molecule has 0 saturated heterocycles. The molecular formula is C24H37N3O2. The Bertz CT molecular complexity index is 722. The summed E-state index contributed by atoms with van der Waals surface area (Å²) < 4.78 is 11.5. The van der Waals surface area contributed by atoms with Crippen LogP contribution in [0.15, 0.2) is 30.5 Å². The number of ether oxygens (including phenoxy) is 2. The highest BCUT2D eigenvalue weighted by molar-refractivity contribution is 5.99. The quantitative estimate of drug-likeness (QED) is 0.395. The maximum absolute atomic E-state index is 5.82. The number of nitrogens with one attached hydrogen (secondary N) is 1. The molecule has 2 heterocycles. The van der Waals surface area contributed by atoms with Crippen molar-refractivity contribution in [2.75, 3.05) is 49.9 Å². The summed E-state index contributed by atoms with van der Waals surface area (Å²) in [5.41, 5.74) is 3.47. The van der Waals surface area contributed by atoms with E-state index in [9.17, 15) is 0 Å². The predicted molar refractivity (Wildman–Crippen MR) is 122 cm³/mol. The summed E-state index contributed by atoms with van der Waals surface area (Å²) in [7, 11) is 0. The molecular weight excluding hydrogens is 362 g/mol. The van der Waals surface area contributed by atoms with Gasteiger partial charge in [-0.25, -0.2) is 0 Å². The normalized spacial score (nSPS) is 13.1. The Morgan fingerprint density at radius 2 is 1.59 bits per heavy atom. The summed E-state index contributed by atoms with van der Waals surface area (Å²) in [5.74, 6) is 0. The smallest absolute Gasteiger partial charge is 0.0878 e. The lowest BCUT2D eigenvalue weighted by Crippen LogP contribution is -2.24. The van der Waals surface area contributed by atoms with Crippen LogP contribution in [0.5, 0.6) is 0 Å². The molecule has 1 aliphatic rings. The summed E-state index contributed by atoms with van der Waals surface area (Å²) >= 11 is 0. The van der Waals surface area contributed by atoms with Crippen molar-refractivity contribution in [1.82, 2.24) is 4.98 Å². The van der Waals surface area contributed by atoms with E-state index in [1.54, 1.807) is 0 Å². The molecule has 1 aromatic heterocycles. The SMILES string of the molecule is CCCCCCOCCCCCOCCCN1CNc2c1cnc1ccccc21. The zero-order valence-electron chi connectivity index (χ0n) is 18.0. The zero-order valence-corrected chi connectivity index (χ0v) is 18.0. The number of rotatable bonds is 15. The van der Waals surface area contributed by atoms with Gasteiger partial charge in [0.1, 0.15) is 0 Å². The van der Waals surface area contributed by atoms with Crippen LogP contribution in [0.4, 0.5) is 11.4 Å². The summed E-state index contributed by atoms with van der Waals surface area (Å²) in [4.78, 5) is 6.95. The fourth-order valence-electron chi connectivity index (χ4n) is 3.79. The van der Waals surface area contributed by atoms with Gasteiger partial charge in [-0.2, -0.15) is 0 Å². The second kappa shape index (κ2) is 12.7. The first-order valence-corrected chi connectivity index (χ1v) is 11.4. The third-order valence-corrected chi connectivity index (χ3v) is 5.48. The highest BCUT2D eigenvalue weighted by atomic mass is 16.5. The fraction of sp³-hybridized carbons (Fsp3) is 0.625. The molecule has 0 atom stereocenters. The van der Waals surface area contributed by atoms with Crippen LogP contribution >= 0.6 is 0 Å². The average Bonchev–Trinajstić information content (AvgIpc) is 3.17. The third-order valence-electron chi connectivity index (χ3n) is 5.48. The predicted octanol–water partition coefficient (Wildman–Crippen LogP) is 5.60. The van der Waals surface area contributed by atoms with Crippen molar-refractivity contribution >= 4 is 22.3 Å². The highest BCUT2D eigenvalue weighted by Crippen LogP contribution is 2.36. The number of hydrogen-bond acceptors (Lipinski definition) is 5. The van der Waals surface area contributed by atoms with E-state index in [1.165, 1.54) is 48.9 Å². The number of para-hydroxylation sites is 1. The Labute approximate surface area is 175 Å². The molecule has 0 bridgehead atoms. The van der Waals surface area contributed by atoms with Gasteiger partial charge in [0.2, 0.25) is 0 Å². The van der Waals surface area contributed by atoms with Gasteiger partial charge >= 0.3 is 0 Å². The molecule has 29 heavy (non-hydrogen) atoms. The highest BCUT2D eigenvalue weighted by Gasteiger charge is 2.20. The van der Waals surface area contributed by atoms with Gasteiger partial charge in [-0.05, 0) is 38.2 Å². The van der Waals surface area contributed by atoms with Crippen molar-refractivity contribution in [3.05, 3.63) is 30.5 Å². The molecule has 0 fully saturated rings. The summed E-state index contributed by atoms with van der Waals surface area (Å²) in [5, 5.41) is 4.73. The molecule has 0 radical (unpaired) electrons. The average molecular weight is 400 g/mol. The van der Waals surface area contributed by atoms with Gasteiger partial charge in [-0.15, -0.1) is 0 Å². The molecule has 0 saturated carbocycles. The molecule has 1 aliphatic heterocycles. The lowest BCUT2D eigenvalue weighted by molar-refractivity contribution is 0.112. The minimum Gasteiger partial charge on any atom is -0.381 e. The Hall–Kier alpha value is -1.85. The van der Waals surface area contributed by atoms with Crippen molar-refractivity contribution in [3.63, 3.8) is 0 Å². The Morgan fingerprint density at radius 1 is 0.897 bits per heavy atom. The molecule has 5 nitrogen and oxygen atoms in total. The van der Waals surface area contributed by atoms with Gasteiger partial charge in [0.25, 0.3) is 0 Å². The standard InChI is InChI=1S/C24H37N3O2/c1-2-3-4-8-15-28-16-9-5-10-17-29-18-11-14-27-20-26-24-21-12-6-7-13-22(21)25-19-23(24)27/h6-7,12-13,19,26H,2-5,8-11,14-18,20H2,1H3. The van der Waals surface area contributed by atoms with Crippen molar-refractivity contribution in [3.8, 4) is 0 Å². The Kier molecular flexibility index (Phi) is 9.54. The summed E-state index contributed by atoms with van der Waals surface area (Å²) in [6.45, 7) is 7.59. The van der Waals surface area contributed by atoms with Crippen LogP contribution in [0, 0.1) is 0 Å². The molecule has 5 heteroatoms. The van der Waals surface area contributed by atoms with Gasteiger partial charge in [0, 0.05) is 38.4 Å². The van der Waals surface area contributed by atoms with E-state index in [0.29, 0.717) is 0 Å². The number of fused-ring (bicyclic) bond motifs is 3. The third kappa shape index (κ3) is 6.86. The lowest BCUT2D eigenvalue weighted by atomic mass is 10.1. The number of hydrogen-bond donors (Lipinski definition) is 1. The van der Waals surface area contributed by atoms with Crippen LogP contribution < -0.4 is 10.2 Å². The number of pyridine rings is 1. The second-order valence-electron chi connectivity index (χ2n) is 7.83. The molecule has 0 spiro atoms. The van der Waals surface area contributed by atoms with Crippen LogP contribution in [-0.2, 0) is 9.47 Å². The Balaban J connectivity index is 1.20. The van der Waals surface area contributed by atoms with E-state index in [2.05, 4.69) is 40.3 Å². The van der Waals surface area contributed by atoms with Crippen LogP contribution in [0.25, 0.3) is 10.9 Å². The largest absolute Gasteiger partial charge is 0.381 e. The molecule has 0 unspecified atom stereocenters. The van der Waals surface area contributed by atoms with Crippen LogP contribution in [0.2, 0.25) is 0 Å². The van der Waals surface area contributed by atoms with E-state index in [-0.39, 0.29) is 0 Å². The van der Waals surface area contributed by atoms with Crippen molar-refractivity contribution in [2.24, 2.45) is 0 Å². The first kappa shape index (κ1) is 21.8. The van der Waals surface area contributed by atoms with Crippen molar-refractivity contribution in [2.45, 2.75) is 58.3 Å². The monoisotopic (exact) mass is 399 g/mol. The molecule has 2 aromatic rings. The molecule has 1 aromatic carbocycles. The topological polar surface area (TPSA) is 46.6 Å². The summed E-state index contributed by atoms with van der Waals surface area (Å²) in [6.07, 6.45) is 11.6. The van der Waals surface area contributed by atoms with Crippen molar-refractivity contribution in [1.29, 1.82) is 0 Å². The maximum Gasteiger partial charge on any atom is 0.0878 e. The van der Waals surface area contributed by atoms with E-state index in [4.69, 9.17) is 9.47 Å². The van der Waals surface area contributed by atoms with Gasteiger partial charge < -0.3 is 19.7 Å². The van der Waals surface area contributed by atoms with E-state index in [0.717, 1.165) is 64.4 Å². The first-order chi connectivity index (χ1) is 14.4. The van der Waals surface area contributed by atoms with Crippen LogP contribution in [0.1, 0.15) is 58.3 Å². The van der Waals surface area contributed by atoms with Gasteiger partial charge in [-0.3, -0.25) is 4.98 Å². The van der Waals surface area contributed by atoms with Gasteiger partial charge in [0.05, 0.1) is 29.8 Å². The van der Waals surface area contributed by atoms with Crippen LogP contribution in [-0.4, -0.2) is 44.6 Å². The molecule has 0 amide bonds. The molecule has 160 valence electrons. The maximum atomic E-state index is 5.82. The zero-order chi connectivity index (χ0) is 20.2. The van der Waals surface area contributed by atoms with Crippen molar-refractivity contribution < 1.29 is 9.47 Å². The number of aromatic nitrogens is 1. The molecule has 3 rings (SSSR count). The Morgan fingerprint density at radius 3 is 2.34 bits per heavy atom. The molecule has 0 aliphatic carbocycles. The second-order valence-corrected chi connectivity index (χ2v) is 7.83.